The van der Waals surface area contributed by atoms with E-state index >= 15 is 4.39 Å². The summed E-state index contributed by atoms with van der Waals surface area (Å²) in [6.07, 6.45) is 8.98. The lowest BCUT2D eigenvalue weighted by atomic mass is 9.83. The standard InChI is InChI=1S/C28H28ClFN8O3/c1-15-6-8-16(9-7-15)14-38-21-20(17-11-18(29)13-31-12-17)33-24(25-36-37-27(39)41-25)34-23(21)35-26(38)28(2,40-3)22-19(30)5-4-10-32-22/h4-5,10-13,15-16H,6-9,14H2,1-3H3,(H,37,39). The van der Waals surface area contributed by atoms with Gasteiger partial charge in [-0.1, -0.05) is 31.4 Å². The molecular weight excluding hydrogens is 551 g/mol. The highest BCUT2D eigenvalue weighted by Crippen LogP contribution is 2.39. The Balaban J connectivity index is 1.66. The third-order valence-electron chi connectivity index (χ3n) is 7.83. The quantitative estimate of drug-likeness (QED) is 0.277. The Labute approximate surface area is 239 Å². The Morgan fingerprint density at radius 2 is 2.02 bits per heavy atom. The zero-order valence-corrected chi connectivity index (χ0v) is 23.5. The van der Waals surface area contributed by atoms with Gasteiger partial charge in [-0.15, -0.1) is 5.10 Å². The number of halogens is 2. The molecular formula is C28H28ClFN8O3. The Bertz CT molecular complexity index is 1780. The van der Waals surface area contributed by atoms with Gasteiger partial charge in [0.25, 0.3) is 5.89 Å². The minimum absolute atomic E-state index is 0.0386. The highest BCUT2D eigenvalue weighted by atomic mass is 35.5. The number of aromatic amines is 1. The van der Waals surface area contributed by atoms with Gasteiger partial charge in [0.15, 0.2) is 11.2 Å². The zero-order valence-electron chi connectivity index (χ0n) is 22.8. The molecule has 1 N–H and O–H groups in total. The summed E-state index contributed by atoms with van der Waals surface area (Å²) >= 11 is 6.34. The molecule has 1 aliphatic carbocycles. The van der Waals surface area contributed by atoms with Crippen LogP contribution in [0.25, 0.3) is 34.1 Å². The Hall–Kier alpha value is -4.03. The Kier molecular flexibility index (Phi) is 7.12. The maximum Gasteiger partial charge on any atom is 0.434 e. The number of imidazole rings is 1. The van der Waals surface area contributed by atoms with E-state index < -0.39 is 17.2 Å². The molecule has 1 fully saturated rings. The largest absolute Gasteiger partial charge is 0.434 e. The Morgan fingerprint density at radius 3 is 2.71 bits per heavy atom. The van der Waals surface area contributed by atoms with Crippen molar-refractivity contribution in [1.82, 2.24) is 39.7 Å². The predicted octanol–water partition coefficient (Wildman–Crippen LogP) is 5.16. The van der Waals surface area contributed by atoms with Crippen molar-refractivity contribution >= 4 is 22.8 Å². The van der Waals surface area contributed by atoms with Gasteiger partial charge in [0.1, 0.15) is 28.5 Å². The average molecular weight is 579 g/mol. The molecule has 5 aromatic heterocycles. The van der Waals surface area contributed by atoms with Crippen molar-refractivity contribution < 1.29 is 13.5 Å². The molecule has 0 aliphatic heterocycles. The van der Waals surface area contributed by atoms with Crippen LogP contribution in [-0.2, 0) is 16.9 Å². The first-order chi connectivity index (χ1) is 19.8. The van der Waals surface area contributed by atoms with E-state index in [0.29, 0.717) is 46.0 Å². The van der Waals surface area contributed by atoms with E-state index in [2.05, 4.69) is 32.1 Å². The summed E-state index contributed by atoms with van der Waals surface area (Å²) in [7, 11) is 1.50. The van der Waals surface area contributed by atoms with Gasteiger partial charge in [0, 0.05) is 37.8 Å². The number of nitrogens with one attached hydrogen (secondary N) is 1. The number of ether oxygens (including phenoxy) is 1. The van der Waals surface area contributed by atoms with Gasteiger partial charge in [-0.25, -0.2) is 29.2 Å². The number of methoxy groups -OCH3 is 1. The molecule has 0 bridgehead atoms. The van der Waals surface area contributed by atoms with Crippen LogP contribution in [-0.4, -0.2) is 46.8 Å². The van der Waals surface area contributed by atoms with Crippen LogP contribution in [0.2, 0.25) is 5.02 Å². The average Bonchev–Trinajstić information content (AvgIpc) is 3.57. The lowest BCUT2D eigenvalue weighted by Gasteiger charge is -2.31. The fraction of sp³-hybridized carbons (Fsp3) is 0.393. The van der Waals surface area contributed by atoms with Crippen molar-refractivity contribution in [3.05, 3.63) is 69.7 Å². The summed E-state index contributed by atoms with van der Waals surface area (Å²) in [5, 5.41) is 6.56. The second kappa shape index (κ2) is 10.7. The minimum Gasteiger partial charge on any atom is -0.384 e. The molecule has 0 saturated heterocycles. The van der Waals surface area contributed by atoms with E-state index in [1.54, 1.807) is 19.2 Å². The fourth-order valence-corrected chi connectivity index (χ4v) is 5.72. The van der Waals surface area contributed by atoms with Crippen LogP contribution >= 0.6 is 11.6 Å². The number of nitrogens with zero attached hydrogens (tertiary/aromatic N) is 7. The second-order valence-corrected chi connectivity index (χ2v) is 11.1. The fourth-order valence-electron chi connectivity index (χ4n) is 5.54. The van der Waals surface area contributed by atoms with E-state index in [0.717, 1.165) is 25.7 Å². The maximum atomic E-state index is 15.2. The van der Waals surface area contributed by atoms with Crippen LogP contribution in [0.5, 0.6) is 0 Å². The van der Waals surface area contributed by atoms with Gasteiger partial charge in [-0.3, -0.25) is 9.97 Å². The molecule has 5 aromatic rings. The van der Waals surface area contributed by atoms with Crippen molar-refractivity contribution in [3.63, 3.8) is 0 Å². The van der Waals surface area contributed by atoms with Gasteiger partial charge in [0.05, 0.1) is 5.02 Å². The van der Waals surface area contributed by atoms with Crippen molar-refractivity contribution in [2.24, 2.45) is 11.8 Å². The van der Waals surface area contributed by atoms with Crippen LogP contribution in [0.3, 0.4) is 0 Å². The van der Waals surface area contributed by atoms with Crippen LogP contribution < -0.4 is 5.76 Å². The summed E-state index contributed by atoms with van der Waals surface area (Å²) in [5.74, 6) is 0.0899. The number of pyridine rings is 2. The lowest BCUT2D eigenvalue weighted by Crippen LogP contribution is -2.33. The van der Waals surface area contributed by atoms with Crippen molar-refractivity contribution in [3.8, 4) is 23.0 Å². The van der Waals surface area contributed by atoms with E-state index in [1.165, 1.54) is 31.6 Å². The molecule has 1 aliphatic rings. The highest BCUT2D eigenvalue weighted by Gasteiger charge is 2.40. The molecule has 11 nitrogen and oxygen atoms in total. The molecule has 13 heteroatoms. The third-order valence-corrected chi connectivity index (χ3v) is 8.04. The minimum atomic E-state index is -1.38. The zero-order chi connectivity index (χ0) is 28.7. The monoisotopic (exact) mass is 578 g/mol. The van der Waals surface area contributed by atoms with Gasteiger partial charge >= 0.3 is 5.76 Å². The third kappa shape index (κ3) is 5.02. The molecule has 0 radical (unpaired) electrons. The summed E-state index contributed by atoms with van der Waals surface area (Å²) < 4.78 is 28.4. The van der Waals surface area contributed by atoms with E-state index in [-0.39, 0.29) is 23.1 Å². The first-order valence-corrected chi connectivity index (χ1v) is 13.8. The van der Waals surface area contributed by atoms with E-state index in [1.807, 2.05) is 4.57 Å². The lowest BCUT2D eigenvalue weighted by molar-refractivity contribution is 0.0209. The second-order valence-electron chi connectivity index (χ2n) is 10.6. The summed E-state index contributed by atoms with van der Waals surface area (Å²) in [4.78, 5) is 34.7. The molecule has 41 heavy (non-hydrogen) atoms. The number of H-pyrrole nitrogens is 1. The number of hydrogen-bond donors (Lipinski definition) is 1. The molecule has 212 valence electrons. The first-order valence-electron chi connectivity index (χ1n) is 13.4. The van der Waals surface area contributed by atoms with Crippen molar-refractivity contribution in [2.75, 3.05) is 7.11 Å². The smallest absolute Gasteiger partial charge is 0.384 e. The highest BCUT2D eigenvalue weighted by molar-refractivity contribution is 6.30. The summed E-state index contributed by atoms with van der Waals surface area (Å²) in [5.41, 5.74) is 0.634. The van der Waals surface area contributed by atoms with E-state index in [9.17, 15) is 4.79 Å². The Morgan fingerprint density at radius 1 is 1.22 bits per heavy atom. The first kappa shape index (κ1) is 27.2. The summed E-state index contributed by atoms with van der Waals surface area (Å²) in [6, 6.07) is 4.60. The molecule has 1 atom stereocenters. The number of fused-ring (bicyclic) bond motifs is 1. The van der Waals surface area contributed by atoms with Crippen LogP contribution in [0.15, 0.2) is 46.0 Å². The van der Waals surface area contributed by atoms with Gasteiger partial charge in [-0.05, 0) is 49.8 Å². The summed E-state index contributed by atoms with van der Waals surface area (Å²) in [6.45, 7) is 4.58. The maximum absolute atomic E-state index is 15.2. The molecule has 0 spiro atoms. The number of rotatable bonds is 7. The SMILES string of the molecule is COC(C)(c1ncccc1F)c1nc2nc(-c3n[nH]c(=O)o3)nc(-c3cncc(Cl)c3)c2n1CC1CCC(C)CC1. The van der Waals surface area contributed by atoms with Crippen LogP contribution in [0, 0.1) is 17.7 Å². The molecule has 5 heterocycles. The van der Waals surface area contributed by atoms with Crippen molar-refractivity contribution in [1.29, 1.82) is 0 Å². The molecule has 6 rings (SSSR count). The van der Waals surface area contributed by atoms with Gasteiger partial charge < -0.3 is 13.7 Å². The van der Waals surface area contributed by atoms with Crippen molar-refractivity contribution in [2.45, 2.75) is 51.7 Å². The topological polar surface area (TPSA) is 138 Å². The molecule has 0 amide bonds. The van der Waals surface area contributed by atoms with E-state index in [4.69, 9.17) is 30.7 Å². The number of hydrogen-bond acceptors (Lipinski definition) is 9. The van der Waals surface area contributed by atoms with Crippen LogP contribution in [0.1, 0.15) is 51.0 Å². The molecule has 1 saturated carbocycles. The van der Waals surface area contributed by atoms with Gasteiger partial charge in [0.2, 0.25) is 5.82 Å². The normalized spacial score (nSPS) is 19.0. The predicted molar refractivity (Wildman–Crippen MR) is 148 cm³/mol. The number of aromatic nitrogens is 8. The molecule has 0 aromatic carbocycles. The molecule has 1 unspecified atom stereocenters. The van der Waals surface area contributed by atoms with Crippen LogP contribution in [0.4, 0.5) is 4.39 Å². The van der Waals surface area contributed by atoms with Gasteiger partial charge in [-0.2, -0.15) is 0 Å².